The van der Waals surface area contributed by atoms with Gasteiger partial charge in [0.15, 0.2) is 0 Å². The van der Waals surface area contributed by atoms with Crippen LogP contribution in [0.25, 0.3) is 0 Å². The number of primary amides is 1. The average molecular weight is 689 g/mol. The van der Waals surface area contributed by atoms with Crippen molar-refractivity contribution in [1.82, 2.24) is 20.6 Å². The topological polar surface area (TPSA) is 224 Å². The van der Waals surface area contributed by atoms with E-state index in [0.717, 1.165) is 4.90 Å². The smallest absolute Gasteiger partial charge is 0.410 e. The molecule has 0 saturated carbocycles. The maximum Gasteiger partial charge on any atom is 0.410 e. The predicted octanol–water partition coefficient (Wildman–Crippen LogP) is 1.91. The number of hydrogen-bond donors (Lipinski definition) is 4. The minimum absolute atomic E-state index is 0.0312. The highest BCUT2D eigenvalue weighted by Crippen LogP contribution is 2.15. The zero-order chi connectivity index (χ0) is 36.7. The molecular formula is C33H48N6O10. The number of benzene rings is 1. The van der Waals surface area contributed by atoms with E-state index in [-0.39, 0.29) is 56.6 Å². The number of carbonyl (C=O) groups is 8. The summed E-state index contributed by atoms with van der Waals surface area (Å²) >= 11 is 0. The first kappa shape index (κ1) is 40.2. The van der Waals surface area contributed by atoms with Crippen molar-refractivity contribution < 1.29 is 47.9 Å². The Morgan fingerprint density at radius 1 is 0.857 bits per heavy atom. The van der Waals surface area contributed by atoms with Gasteiger partial charge in [0, 0.05) is 38.4 Å². The number of rotatable bonds is 19. The van der Waals surface area contributed by atoms with Crippen LogP contribution in [0.5, 0.6) is 0 Å². The molecule has 1 aliphatic heterocycles. The van der Waals surface area contributed by atoms with Gasteiger partial charge in [-0.05, 0) is 42.4 Å². The Kier molecular flexibility index (Phi) is 16.2. The molecule has 0 spiro atoms. The van der Waals surface area contributed by atoms with Crippen LogP contribution in [0.2, 0.25) is 0 Å². The SMILES string of the molecule is CC(C)C(NC(=O)CCCCCCC(=O)ON1C(=O)CCC1=O)C(=O)NCC(=O)Nc1ccc(COC(=O)N(C)[C@H](C(N)=O)C(C)C)cc1. The van der Waals surface area contributed by atoms with Gasteiger partial charge in [-0.2, -0.15) is 0 Å². The number of nitrogens with two attached hydrogens (primary N) is 1. The van der Waals surface area contributed by atoms with Gasteiger partial charge >= 0.3 is 12.1 Å². The average Bonchev–Trinajstić information content (AvgIpc) is 3.35. The van der Waals surface area contributed by atoms with Gasteiger partial charge in [-0.15, -0.1) is 5.06 Å². The van der Waals surface area contributed by atoms with Crippen molar-refractivity contribution in [3.63, 3.8) is 0 Å². The maximum absolute atomic E-state index is 12.8. The summed E-state index contributed by atoms with van der Waals surface area (Å²) < 4.78 is 5.28. The fraction of sp³-hybridized carbons (Fsp3) is 0.576. The number of anilines is 1. The van der Waals surface area contributed by atoms with Crippen LogP contribution < -0.4 is 21.7 Å². The minimum Gasteiger partial charge on any atom is -0.445 e. The van der Waals surface area contributed by atoms with E-state index in [9.17, 15) is 38.4 Å². The van der Waals surface area contributed by atoms with Crippen molar-refractivity contribution in [2.24, 2.45) is 17.6 Å². The third-order valence-corrected chi connectivity index (χ3v) is 7.65. The highest BCUT2D eigenvalue weighted by atomic mass is 16.7. The van der Waals surface area contributed by atoms with E-state index in [4.69, 9.17) is 15.3 Å². The molecule has 0 bridgehead atoms. The number of hydrogen-bond acceptors (Lipinski definition) is 10. The van der Waals surface area contributed by atoms with Crippen LogP contribution in [0.1, 0.15) is 84.6 Å². The van der Waals surface area contributed by atoms with Crippen LogP contribution in [-0.4, -0.2) is 83.1 Å². The number of nitrogens with zero attached hydrogens (tertiary/aromatic N) is 2. The summed E-state index contributed by atoms with van der Waals surface area (Å²) in [6, 6.07) is 4.84. The lowest BCUT2D eigenvalue weighted by molar-refractivity contribution is -0.197. The zero-order valence-corrected chi connectivity index (χ0v) is 28.7. The second-order valence-electron chi connectivity index (χ2n) is 12.5. The van der Waals surface area contributed by atoms with E-state index in [1.54, 1.807) is 52.0 Å². The van der Waals surface area contributed by atoms with Gasteiger partial charge in [0.05, 0.1) is 6.54 Å². The van der Waals surface area contributed by atoms with Crippen molar-refractivity contribution in [2.75, 3.05) is 18.9 Å². The van der Waals surface area contributed by atoms with Crippen molar-refractivity contribution >= 4 is 53.2 Å². The molecule has 0 radical (unpaired) electrons. The van der Waals surface area contributed by atoms with Crippen molar-refractivity contribution in [2.45, 2.75) is 97.8 Å². The molecule has 1 aliphatic rings. The highest BCUT2D eigenvalue weighted by Gasteiger charge is 2.33. The first-order valence-corrected chi connectivity index (χ1v) is 16.3. The Morgan fingerprint density at radius 2 is 1.45 bits per heavy atom. The summed E-state index contributed by atoms with van der Waals surface area (Å²) in [4.78, 5) is 103. The Balaban J connectivity index is 1.68. The van der Waals surface area contributed by atoms with Crippen LogP contribution in [0.15, 0.2) is 24.3 Å². The standard InChI is InChI=1S/C33H48N6O10/c1-20(2)29(37-24(40)10-8-6-7-9-11-28(44)49-39-26(42)16-17-27(39)43)32(46)35-18-25(41)36-23-14-12-22(13-15-23)19-48-33(47)38(5)30(21(3)4)31(34)45/h12-15,20-21,29-30H,6-11,16-19H2,1-5H3,(H2,34,45)(H,35,46)(H,36,41)(H,37,40)/t29?,30-/m0/s1. The molecule has 1 aromatic carbocycles. The van der Waals surface area contributed by atoms with Gasteiger partial charge in [0.2, 0.25) is 23.6 Å². The van der Waals surface area contributed by atoms with Gasteiger partial charge in [0.1, 0.15) is 18.7 Å². The van der Waals surface area contributed by atoms with Crippen LogP contribution >= 0.6 is 0 Å². The number of ether oxygens (including phenoxy) is 1. The lowest BCUT2D eigenvalue weighted by Crippen LogP contribution is -2.51. The summed E-state index contributed by atoms with van der Waals surface area (Å²) in [6.45, 7) is 6.68. The molecule has 7 amide bonds. The van der Waals surface area contributed by atoms with Gasteiger partial charge in [-0.1, -0.05) is 52.7 Å². The largest absolute Gasteiger partial charge is 0.445 e. The number of unbranched alkanes of at least 4 members (excludes halogenated alkanes) is 3. The van der Waals surface area contributed by atoms with E-state index in [1.165, 1.54) is 7.05 Å². The van der Waals surface area contributed by atoms with E-state index in [2.05, 4.69) is 16.0 Å². The molecule has 1 unspecified atom stereocenters. The number of carbonyl (C=O) groups excluding carboxylic acids is 8. The quantitative estimate of drug-likeness (QED) is 0.122. The Hall–Kier alpha value is -5.02. The summed E-state index contributed by atoms with van der Waals surface area (Å²) in [7, 11) is 1.44. The monoisotopic (exact) mass is 688 g/mol. The molecule has 0 aliphatic carbocycles. The van der Waals surface area contributed by atoms with Crippen LogP contribution in [-0.2, 0) is 49.7 Å². The fourth-order valence-electron chi connectivity index (χ4n) is 4.99. The molecule has 1 saturated heterocycles. The van der Waals surface area contributed by atoms with Crippen molar-refractivity contribution in [1.29, 1.82) is 0 Å². The van der Waals surface area contributed by atoms with Crippen molar-refractivity contribution in [3.05, 3.63) is 29.8 Å². The van der Waals surface area contributed by atoms with Gasteiger partial charge in [0.25, 0.3) is 11.8 Å². The Morgan fingerprint density at radius 3 is 2.00 bits per heavy atom. The van der Waals surface area contributed by atoms with E-state index in [0.29, 0.717) is 42.0 Å². The zero-order valence-electron chi connectivity index (χ0n) is 28.7. The summed E-state index contributed by atoms with van der Waals surface area (Å²) in [5.41, 5.74) is 6.48. The van der Waals surface area contributed by atoms with E-state index >= 15 is 0 Å². The number of hydroxylamine groups is 2. The molecule has 2 atom stereocenters. The van der Waals surface area contributed by atoms with Crippen LogP contribution in [0.4, 0.5) is 10.5 Å². The molecule has 1 heterocycles. The fourth-order valence-corrected chi connectivity index (χ4v) is 4.99. The first-order valence-electron chi connectivity index (χ1n) is 16.3. The number of likely N-dealkylation sites (N-methyl/N-ethyl adjacent to an activating group) is 1. The van der Waals surface area contributed by atoms with Crippen LogP contribution in [0.3, 0.4) is 0 Å². The lowest BCUT2D eigenvalue weighted by Gasteiger charge is -2.27. The number of amides is 7. The third-order valence-electron chi connectivity index (χ3n) is 7.65. The molecule has 270 valence electrons. The molecule has 49 heavy (non-hydrogen) atoms. The molecule has 0 aromatic heterocycles. The second-order valence-corrected chi connectivity index (χ2v) is 12.5. The molecule has 1 aromatic rings. The molecule has 1 fully saturated rings. The third kappa shape index (κ3) is 13.6. The maximum atomic E-state index is 12.8. The molecule has 5 N–H and O–H groups in total. The molecule has 16 nitrogen and oxygen atoms in total. The van der Waals surface area contributed by atoms with Crippen molar-refractivity contribution in [3.8, 4) is 0 Å². The normalized spacial score (nSPS) is 13.9. The summed E-state index contributed by atoms with van der Waals surface area (Å²) in [5, 5.41) is 8.43. The van der Waals surface area contributed by atoms with Gasteiger partial charge in [-0.25, -0.2) is 9.59 Å². The number of imide groups is 1. The Bertz CT molecular complexity index is 1350. The highest BCUT2D eigenvalue weighted by molar-refractivity contribution is 6.01. The van der Waals surface area contributed by atoms with E-state index < -0.39 is 53.7 Å². The Labute approximate surface area is 285 Å². The van der Waals surface area contributed by atoms with E-state index in [1.807, 2.05) is 0 Å². The second kappa shape index (κ2) is 19.7. The van der Waals surface area contributed by atoms with Gasteiger partial charge < -0.3 is 31.3 Å². The first-order chi connectivity index (χ1) is 23.1. The van der Waals surface area contributed by atoms with Gasteiger partial charge in [-0.3, -0.25) is 33.7 Å². The molecule has 2 rings (SSSR count). The van der Waals surface area contributed by atoms with Crippen LogP contribution in [0, 0.1) is 11.8 Å². The minimum atomic E-state index is -0.856. The number of nitrogens with one attached hydrogen (secondary N) is 3. The lowest BCUT2D eigenvalue weighted by atomic mass is 10.0. The summed E-state index contributed by atoms with van der Waals surface area (Å²) in [5.74, 6) is -4.12. The molecular weight excluding hydrogens is 640 g/mol. The predicted molar refractivity (Wildman–Crippen MR) is 175 cm³/mol. The summed E-state index contributed by atoms with van der Waals surface area (Å²) in [6.07, 6.45) is 1.80. The molecule has 16 heteroatoms.